The van der Waals surface area contributed by atoms with Gasteiger partial charge in [0.1, 0.15) is 5.82 Å². The van der Waals surface area contributed by atoms with Crippen molar-refractivity contribution in [3.8, 4) is 0 Å². The second kappa shape index (κ2) is 9.31. The van der Waals surface area contributed by atoms with Crippen LogP contribution >= 0.6 is 0 Å². The molecule has 3 rings (SSSR count). The molecule has 0 bridgehead atoms. The number of carbonyl (C=O) groups is 1. The first-order valence-electron chi connectivity index (χ1n) is 8.90. The van der Waals surface area contributed by atoms with Crippen molar-refractivity contribution < 1.29 is 13.9 Å². The Morgan fingerprint density at radius 2 is 1.81 bits per heavy atom. The largest absolute Gasteiger partial charge is 0.378 e. The number of rotatable bonds is 7. The van der Waals surface area contributed by atoms with Crippen LogP contribution in [0.25, 0.3) is 0 Å². The highest BCUT2D eigenvalue weighted by atomic mass is 19.1. The van der Waals surface area contributed by atoms with E-state index in [1.54, 1.807) is 18.2 Å². The van der Waals surface area contributed by atoms with Crippen molar-refractivity contribution in [3.05, 3.63) is 59.9 Å². The van der Waals surface area contributed by atoms with Crippen LogP contribution in [-0.2, 0) is 16.1 Å². The molecule has 0 radical (unpaired) electrons. The van der Waals surface area contributed by atoms with Gasteiger partial charge in [0.2, 0.25) is 5.91 Å². The summed E-state index contributed by atoms with van der Waals surface area (Å²) in [5, 5.41) is 6.09. The third kappa shape index (κ3) is 5.03. The number of ether oxygens (including phenoxy) is 1. The number of para-hydroxylation sites is 2. The van der Waals surface area contributed by atoms with Crippen molar-refractivity contribution in [3.63, 3.8) is 0 Å². The van der Waals surface area contributed by atoms with E-state index in [4.69, 9.17) is 4.74 Å². The van der Waals surface area contributed by atoms with E-state index < -0.39 is 0 Å². The van der Waals surface area contributed by atoms with E-state index in [1.165, 1.54) is 6.07 Å². The maximum absolute atomic E-state index is 13.6. The molecule has 5 nitrogen and oxygen atoms in total. The molecular formula is C20H24FN3O2. The predicted molar refractivity (Wildman–Crippen MR) is 101 cm³/mol. The summed E-state index contributed by atoms with van der Waals surface area (Å²) in [6, 6.07) is 14.4. The second-order valence-electron chi connectivity index (χ2n) is 6.18. The minimum atomic E-state index is -0.233. The number of amides is 1. The number of nitrogens with one attached hydrogen (secondary N) is 2. The Kier molecular flexibility index (Phi) is 6.57. The fraction of sp³-hybridized carbons (Fsp3) is 0.350. The number of halogens is 1. The van der Waals surface area contributed by atoms with Crippen molar-refractivity contribution in [2.24, 2.45) is 0 Å². The zero-order valence-corrected chi connectivity index (χ0v) is 14.7. The van der Waals surface area contributed by atoms with Crippen LogP contribution in [0.1, 0.15) is 12.0 Å². The molecule has 1 fully saturated rings. The summed E-state index contributed by atoms with van der Waals surface area (Å²) in [5.41, 5.74) is 2.43. The third-order valence-corrected chi connectivity index (χ3v) is 4.33. The van der Waals surface area contributed by atoms with Gasteiger partial charge in [-0.25, -0.2) is 4.39 Å². The number of anilines is 2. The van der Waals surface area contributed by atoms with Crippen molar-refractivity contribution in [1.29, 1.82) is 0 Å². The number of hydrogen-bond donors (Lipinski definition) is 2. The SMILES string of the molecule is O=C(CCNCc1ccccc1F)Nc1ccccc1N1CCOCC1. The van der Waals surface area contributed by atoms with Gasteiger partial charge >= 0.3 is 0 Å². The standard InChI is InChI=1S/C20H24FN3O2/c21-17-6-2-1-5-16(17)15-22-10-9-20(25)23-18-7-3-4-8-19(18)24-11-13-26-14-12-24/h1-8,22H,9-15H2,(H,23,25). The number of benzene rings is 2. The van der Waals surface area contributed by atoms with Gasteiger partial charge in [-0.2, -0.15) is 0 Å². The summed E-state index contributed by atoms with van der Waals surface area (Å²) in [4.78, 5) is 14.5. The van der Waals surface area contributed by atoms with Gasteiger partial charge in [0.15, 0.2) is 0 Å². The van der Waals surface area contributed by atoms with Crippen LogP contribution in [0.5, 0.6) is 0 Å². The zero-order chi connectivity index (χ0) is 18.2. The molecule has 0 aromatic heterocycles. The predicted octanol–water partition coefficient (Wildman–Crippen LogP) is 2.78. The van der Waals surface area contributed by atoms with Crippen molar-refractivity contribution in [2.45, 2.75) is 13.0 Å². The second-order valence-corrected chi connectivity index (χ2v) is 6.18. The minimum absolute atomic E-state index is 0.0632. The monoisotopic (exact) mass is 357 g/mol. The number of nitrogens with zero attached hydrogens (tertiary/aromatic N) is 1. The molecule has 2 aromatic carbocycles. The summed E-state index contributed by atoms with van der Waals surface area (Å²) in [6.45, 7) is 3.92. The van der Waals surface area contributed by atoms with E-state index >= 15 is 0 Å². The lowest BCUT2D eigenvalue weighted by molar-refractivity contribution is -0.116. The van der Waals surface area contributed by atoms with Crippen molar-refractivity contribution in [1.82, 2.24) is 5.32 Å². The highest BCUT2D eigenvalue weighted by molar-refractivity contribution is 5.94. The molecule has 2 N–H and O–H groups in total. The summed E-state index contributed by atoms with van der Waals surface area (Å²) in [6.07, 6.45) is 0.325. The molecule has 26 heavy (non-hydrogen) atoms. The van der Waals surface area contributed by atoms with E-state index in [9.17, 15) is 9.18 Å². The van der Waals surface area contributed by atoms with Crippen LogP contribution in [0.4, 0.5) is 15.8 Å². The van der Waals surface area contributed by atoms with Gasteiger partial charge in [0, 0.05) is 38.2 Å². The van der Waals surface area contributed by atoms with E-state index in [1.807, 2.05) is 24.3 Å². The maximum atomic E-state index is 13.6. The Hall–Kier alpha value is -2.44. The molecule has 1 heterocycles. The van der Waals surface area contributed by atoms with E-state index in [-0.39, 0.29) is 11.7 Å². The summed E-state index contributed by atoms with van der Waals surface area (Å²) in [5.74, 6) is -0.296. The topological polar surface area (TPSA) is 53.6 Å². The van der Waals surface area contributed by atoms with Gasteiger partial charge in [0.25, 0.3) is 0 Å². The molecule has 1 aliphatic heterocycles. The summed E-state index contributed by atoms with van der Waals surface area (Å²) in [7, 11) is 0. The molecule has 0 aliphatic carbocycles. The molecule has 1 aliphatic rings. The van der Waals surface area contributed by atoms with Gasteiger partial charge < -0.3 is 20.3 Å². The van der Waals surface area contributed by atoms with Crippen LogP contribution in [0.15, 0.2) is 48.5 Å². The maximum Gasteiger partial charge on any atom is 0.225 e. The quantitative estimate of drug-likeness (QED) is 0.748. The van der Waals surface area contributed by atoms with Gasteiger partial charge in [-0.3, -0.25) is 4.79 Å². The smallest absolute Gasteiger partial charge is 0.225 e. The van der Waals surface area contributed by atoms with Gasteiger partial charge in [-0.05, 0) is 18.2 Å². The highest BCUT2D eigenvalue weighted by Crippen LogP contribution is 2.26. The van der Waals surface area contributed by atoms with E-state index in [0.29, 0.717) is 38.3 Å². The average molecular weight is 357 g/mol. The van der Waals surface area contributed by atoms with E-state index in [2.05, 4.69) is 15.5 Å². The molecular weight excluding hydrogens is 333 g/mol. The normalized spacial score (nSPS) is 14.3. The Bertz CT molecular complexity index is 733. The van der Waals surface area contributed by atoms with Crippen LogP contribution in [0.3, 0.4) is 0 Å². The third-order valence-electron chi connectivity index (χ3n) is 4.33. The average Bonchev–Trinajstić information content (AvgIpc) is 2.68. The van der Waals surface area contributed by atoms with Crippen LogP contribution in [-0.4, -0.2) is 38.8 Å². The summed E-state index contributed by atoms with van der Waals surface area (Å²) >= 11 is 0. The Balaban J connectivity index is 1.48. The molecule has 0 unspecified atom stereocenters. The molecule has 6 heteroatoms. The van der Waals surface area contributed by atoms with Crippen molar-refractivity contribution >= 4 is 17.3 Å². The van der Waals surface area contributed by atoms with E-state index in [0.717, 1.165) is 24.5 Å². The van der Waals surface area contributed by atoms with Gasteiger partial charge in [0.05, 0.1) is 24.6 Å². The van der Waals surface area contributed by atoms with Crippen LogP contribution in [0.2, 0.25) is 0 Å². The van der Waals surface area contributed by atoms with Crippen LogP contribution in [0, 0.1) is 5.82 Å². The Labute approximate surface area is 153 Å². The first kappa shape index (κ1) is 18.4. The molecule has 0 atom stereocenters. The highest BCUT2D eigenvalue weighted by Gasteiger charge is 2.15. The van der Waals surface area contributed by atoms with Crippen LogP contribution < -0.4 is 15.5 Å². The Morgan fingerprint density at radius 1 is 1.08 bits per heavy atom. The molecule has 0 saturated carbocycles. The number of carbonyl (C=O) groups excluding carboxylic acids is 1. The molecule has 138 valence electrons. The molecule has 0 spiro atoms. The zero-order valence-electron chi connectivity index (χ0n) is 14.7. The van der Waals surface area contributed by atoms with Gasteiger partial charge in [-0.1, -0.05) is 30.3 Å². The van der Waals surface area contributed by atoms with Gasteiger partial charge in [-0.15, -0.1) is 0 Å². The fourth-order valence-electron chi connectivity index (χ4n) is 2.94. The molecule has 1 saturated heterocycles. The first-order chi connectivity index (χ1) is 12.7. The Morgan fingerprint density at radius 3 is 2.62 bits per heavy atom. The number of hydrogen-bond acceptors (Lipinski definition) is 4. The first-order valence-corrected chi connectivity index (χ1v) is 8.90. The minimum Gasteiger partial charge on any atom is -0.378 e. The molecule has 1 amide bonds. The molecule has 2 aromatic rings. The lowest BCUT2D eigenvalue weighted by Crippen LogP contribution is -2.36. The lowest BCUT2D eigenvalue weighted by atomic mass is 10.2. The number of morpholine rings is 1. The van der Waals surface area contributed by atoms with Crippen molar-refractivity contribution in [2.75, 3.05) is 43.1 Å². The lowest BCUT2D eigenvalue weighted by Gasteiger charge is -2.30. The fourth-order valence-corrected chi connectivity index (χ4v) is 2.94. The summed E-state index contributed by atoms with van der Waals surface area (Å²) < 4.78 is 18.9.